The molecule has 0 heterocycles. The average molecular weight is 276 g/mol. The van der Waals surface area contributed by atoms with Crippen LogP contribution in [0, 0.1) is 23.2 Å². The lowest BCUT2D eigenvalue weighted by Gasteiger charge is -2.15. The summed E-state index contributed by atoms with van der Waals surface area (Å²) in [5.74, 6) is -1.66. The van der Waals surface area contributed by atoms with Crippen LogP contribution in [0.1, 0.15) is 33.1 Å². The van der Waals surface area contributed by atoms with E-state index in [1.165, 1.54) is 0 Å². The number of hydrogen-bond donors (Lipinski definition) is 2. The van der Waals surface area contributed by atoms with E-state index in [0.29, 0.717) is 6.42 Å². The minimum Gasteiger partial charge on any atom is -0.481 e. The Labute approximate surface area is 108 Å². The third-order valence-corrected chi connectivity index (χ3v) is 3.79. The highest BCUT2D eigenvalue weighted by Crippen LogP contribution is 2.11. The van der Waals surface area contributed by atoms with Gasteiger partial charge in [-0.15, -0.1) is 0 Å². The lowest BCUT2D eigenvalue weighted by molar-refractivity contribution is -0.142. The van der Waals surface area contributed by atoms with E-state index in [4.69, 9.17) is 10.4 Å². The summed E-state index contributed by atoms with van der Waals surface area (Å²) in [6.07, 6.45) is 0.860. The van der Waals surface area contributed by atoms with Gasteiger partial charge in [0.05, 0.1) is 17.7 Å². The molecule has 0 saturated heterocycles. The number of carbonyl (C=O) groups is 1. The highest BCUT2D eigenvalue weighted by molar-refractivity contribution is 7.89. The minimum absolute atomic E-state index is 0.0948. The molecule has 0 rings (SSSR count). The number of rotatable bonds is 9. The van der Waals surface area contributed by atoms with E-state index in [0.717, 1.165) is 0 Å². The first-order chi connectivity index (χ1) is 8.28. The van der Waals surface area contributed by atoms with Crippen LogP contribution in [0.4, 0.5) is 0 Å². The van der Waals surface area contributed by atoms with Gasteiger partial charge in [-0.2, -0.15) is 5.26 Å². The van der Waals surface area contributed by atoms with Gasteiger partial charge in [0.25, 0.3) is 0 Å². The van der Waals surface area contributed by atoms with Gasteiger partial charge in [-0.05, 0) is 18.8 Å². The summed E-state index contributed by atoms with van der Waals surface area (Å²) < 4.78 is 25.3. The molecule has 0 aromatic carbocycles. The molecule has 0 amide bonds. The Morgan fingerprint density at radius 2 is 2.06 bits per heavy atom. The Bertz CT molecular complexity index is 398. The van der Waals surface area contributed by atoms with Crippen molar-refractivity contribution in [2.24, 2.45) is 11.8 Å². The molecule has 0 fully saturated rings. The molecule has 0 aliphatic heterocycles. The maximum Gasteiger partial charge on any atom is 0.307 e. The zero-order chi connectivity index (χ0) is 14.2. The molecule has 104 valence electrons. The van der Waals surface area contributed by atoms with Crippen molar-refractivity contribution in [2.45, 2.75) is 33.1 Å². The van der Waals surface area contributed by atoms with Gasteiger partial charge in [-0.1, -0.05) is 13.8 Å². The highest BCUT2D eigenvalue weighted by Gasteiger charge is 2.21. The maximum atomic E-state index is 11.5. The normalized spacial score (nSPS) is 13.2. The standard InChI is InChI=1S/C11H20N2O4S/c1-9(2)7-10(11(14)15)8-13-18(16,17)6-4-3-5-12/h9-10,13H,3-4,6-8H2,1-2H3,(H,14,15). The Kier molecular flexibility index (Phi) is 7.55. The van der Waals surface area contributed by atoms with Gasteiger partial charge in [-0.25, -0.2) is 13.1 Å². The number of nitrogens with one attached hydrogen (secondary N) is 1. The topological polar surface area (TPSA) is 107 Å². The van der Waals surface area contributed by atoms with Crippen molar-refractivity contribution >= 4 is 16.0 Å². The molecule has 0 radical (unpaired) electrons. The molecular formula is C11H20N2O4S. The molecule has 0 aliphatic carbocycles. The van der Waals surface area contributed by atoms with Crippen LogP contribution in [0.3, 0.4) is 0 Å². The van der Waals surface area contributed by atoms with E-state index in [-0.39, 0.29) is 31.1 Å². The largest absolute Gasteiger partial charge is 0.481 e. The molecule has 0 aliphatic rings. The average Bonchev–Trinajstić information content (AvgIpc) is 2.23. The Balaban J connectivity index is 4.26. The molecule has 0 bridgehead atoms. The number of carboxylic acid groups (broad SMARTS) is 1. The SMILES string of the molecule is CC(C)CC(CNS(=O)(=O)CCCC#N)C(=O)O. The van der Waals surface area contributed by atoms with Crippen molar-refractivity contribution in [3.05, 3.63) is 0 Å². The second-order valence-corrected chi connectivity index (χ2v) is 6.52. The first kappa shape index (κ1) is 16.9. The van der Waals surface area contributed by atoms with E-state index in [1.54, 1.807) is 0 Å². The number of aliphatic carboxylic acids is 1. The Hall–Kier alpha value is -1.13. The van der Waals surface area contributed by atoms with Crippen LogP contribution in [-0.4, -0.2) is 31.8 Å². The maximum absolute atomic E-state index is 11.5. The van der Waals surface area contributed by atoms with Crippen LogP contribution in [0.15, 0.2) is 0 Å². The minimum atomic E-state index is -3.48. The second-order valence-electron chi connectivity index (χ2n) is 4.59. The van der Waals surface area contributed by atoms with Gasteiger partial charge in [0.1, 0.15) is 0 Å². The van der Waals surface area contributed by atoms with Gasteiger partial charge in [0.15, 0.2) is 0 Å². The summed E-state index contributed by atoms with van der Waals surface area (Å²) in [5, 5.41) is 17.3. The lowest BCUT2D eigenvalue weighted by atomic mass is 9.98. The van der Waals surface area contributed by atoms with Crippen LogP contribution in [0.2, 0.25) is 0 Å². The lowest BCUT2D eigenvalue weighted by Crippen LogP contribution is -2.35. The van der Waals surface area contributed by atoms with Crippen molar-refractivity contribution in [3.63, 3.8) is 0 Å². The summed E-state index contributed by atoms with van der Waals surface area (Å²) in [5.41, 5.74) is 0. The first-order valence-corrected chi connectivity index (χ1v) is 7.50. The summed E-state index contributed by atoms with van der Waals surface area (Å²) in [6, 6.07) is 1.86. The van der Waals surface area contributed by atoms with E-state index < -0.39 is 21.9 Å². The van der Waals surface area contributed by atoms with Crippen LogP contribution in [0.25, 0.3) is 0 Å². The summed E-state index contributed by atoms with van der Waals surface area (Å²) >= 11 is 0. The number of carboxylic acids is 1. The van der Waals surface area contributed by atoms with Gasteiger partial charge in [0.2, 0.25) is 10.0 Å². The number of hydrogen-bond acceptors (Lipinski definition) is 4. The third-order valence-electron chi connectivity index (χ3n) is 2.36. The molecule has 2 N–H and O–H groups in total. The number of unbranched alkanes of at least 4 members (excludes halogenated alkanes) is 1. The van der Waals surface area contributed by atoms with Crippen LogP contribution in [-0.2, 0) is 14.8 Å². The predicted molar refractivity (Wildman–Crippen MR) is 67.2 cm³/mol. The fourth-order valence-electron chi connectivity index (χ4n) is 1.48. The van der Waals surface area contributed by atoms with Gasteiger partial charge < -0.3 is 5.11 Å². The Morgan fingerprint density at radius 3 is 2.50 bits per heavy atom. The number of sulfonamides is 1. The zero-order valence-electron chi connectivity index (χ0n) is 10.7. The van der Waals surface area contributed by atoms with Crippen molar-refractivity contribution in [1.29, 1.82) is 5.26 Å². The monoisotopic (exact) mass is 276 g/mol. The smallest absolute Gasteiger partial charge is 0.307 e. The van der Waals surface area contributed by atoms with E-state index in [1.807, 2.05) is 19.9 Å². The molecule has 6 nitrogen and oxygen atoms in total. The predicted octanol–water partition coefficient (Wildman–Crippen LogP) is 0.956. The molecule has 0 aromatic heterocycles. The molecule has 0 saturated carbocycles. The highest BCUT2D eigenvalue weighted by atomic mass is 32.2. The second kappa shape index (κ2) is 8.06. The molecule has 7 heteroatoms. The third kappa shape index (κ3) is 8.03. The first-order valence-electron chi connectivity index (χ1n) is 5.85. The van der Waals surface area contributed by atoms with Crippen LogP contribution >= 0.6 is 0 Å². The van der Waals surface area contributed by atoms with Gasteiger partial charge in [0, 0.05) is 13.0 Å². The fraction of sp³-hybridized carbons (Fsp3) is 0.818. The van der Waals surface area contributed by atoms with E-state index in [2.05, 4.69) is 4.72 Å². The summed E-state index contributed by atoms with van der Waals surface area (Å²) in [4.78, 5) is 10.9. The molecule has 18 heavy (non-hydrogen) atoms. The summed E-state index contributed by atoms with van der Waals surface area (Å²) in [6.45, 7) is 3.68. The Morgan fingerprint density at radius 1 is 1.44 bits per heavy atom. The van der Waals surface area contributed by atoms with Gasteiger partial charge >= 0.3 is 5.97 Å². The number of nitrogens with zero attached hydrogens (tertiary/aromatic N) is 1. The number of nitriles is 1. The quantitative estimate of drug-likeness (QED) is 0.610. The molecule has 1 unspecified atom stereocenters. The molecule has 1 atom stereocenters. The van der Waals surface area contributed by atoms with E-state index >= 15 is 0 Å². The van der Waals surface area contributed by atoms with E-state index in [9.17, 15) is 13.2 Å². The van der Waals surface area contributed by atoms with Crippen LogP contribution in [0.5, 0.6) is 0 Å². The van der Waals surface area contributed by atoms with Crippen LogP contribution < -0.4 is 4.72 Å². The van der Waals surface area contributed by atoms with Crippen molar-refractivity contribution in [1.82, 2.24) is 4.72 Å². The van der Waals surface area contributed by atoms with Crippen molar-refractivity contribution < 1.29 is 18.3 Å². The fourth-order valence-corrected chi connectivity index (χ4v) is 2.61. The van der Waals surface area contributed by atoms with Crippen molar-refractivity contribution in [3.8, 4) is 6.07 Å². The molecule has 0 aromatic rings. The van der Waals surface area contributed by atoms with Gasteiger partial charge in [-0.3, -0.25) is 4.79 Å². The van der Waals surface area contributed by atoms with Crippen molar-refractivity contribution in [2.75, 3.05) is 12.3 Å². The zero-order valence-corrected chi connectivity index (χ0v) is 11.5. The molecule has 0 spiro atoms. The summed E-state index contributed by atoms with van der Waals surface area (Å²) in [7, 11) is -3.48. The molecular weight excluding hydrogens is 256 g/mol.